The average Bonchev–Trinajstić information content (AvgIpc) is 3.15. The lowest BCUT2D eigenvalue weighted by Gasteiger charge is -2.33. The Labute approximate surface area is 168 Å². The van der Waals surface area contributed by atoms with Crippen molar-refractivity contribution in [2.75, 3.05) is 19.8 Å². The number of rotatable bonds is 5. The third-order valence-electron chi connectivity index (χ3n) is 6.38. The zero-order valence-electron chi connectivity index (χ0n) is 16.4. The Morgan fingerprint density at radius 2 is 1.90 bits per heavy atom. The number of piperidine rings is 1. The SMILES string of the molecule is NC(=O)C1CCCCC1C(=O)NCN1CCC(c2noc3cc(F)ccc23)CC1. The number of nitrogens with zero attached hydrogens (tertiary/aromatic N) is 2. The number of nitrogens with one attached hydrogen (secondary N) is 1. The number of hydrogen-bond acceptors (Lipinski definition) is 5. The van der Waals surface area contributed by atoms with E-state index in [2.05, 4.69) is 15.4 Å². The topological polar surface area (TPSA) is 101 Å². The summed E-state index contributed by atoms with van der Waals surface area (Å²) in [6.07, 6.45) is 5.12. The Bertz CT molecular complexity index is 891. The molecule has 1 aromatic carbocycles. The molecule has 0 bridgehead atoms. The van der Waals surface area contributed by atoms with Crippen LogP contribution in [0.4, 0.5) is 4.39 Å². The van der Waals surface area contributed by atoms with Crippen LogP contribution in [-0.2, 0) is 9.59 Å². The Kier molecular flexibility index (Phi) is 5.80. The molecule has 7 nitrogen and oxygen atoms in total. The fourth-order valence-corrected chi connectivity index (χ4v) is 4.70. The highest BCUT2D eigenvalue weighted by Gasteiger charge is 2.34. The van der Waals surface area contributed by atoms with E-state index in [0.29, 0.717) is 18.7 Å². The number of halogens is 1. The van der Waals surface area contributed by atoms with Gasteiger partial charge in [-0.05, 0) is 37.8 Å². The zero-order valence-corrected chi connectivity index (χ0v) is 16.4. The maximum absolute atomic E-state index is 13.3. The number of hydrogen-bond donors (Lipinski definition) is 2. The van der Waals surface area contributed by atoms with Crippen LogP contribution < -0.4 is 11.1 Å². The lowest BCUT2D eigenvalue weighted by atomic mass is 9.78. The van der Waals surface area contributed by atoms with Crippen molar-refractivity contribution in [2.45, 2.75) is 44.4 Å². The molecule has 4 rings (SSSR count). The molecule has 1 saturated carbocycles. The van der Waals surface area contributed by atoms with Gasteiger partial charge in [-0.1, -0.05) is 18.0 Å². The summed E-state index contributed by atoms with van der Waals surface area (Å²) in [5.74, 6) is -1.17. The minimum absolute atomic E-state index is 0.0693. The first-order valence-electron chi connectivity index (χ1n) is 10.4. The van der Waals surface area contributed by atoms with E-state index >= 15 is 0 Å². The Hall–Kier alpha value is -2.48. The molecule has 0 radical (unpaired) electrons. The van der Waals surface area contributed by atoms with Crippen LogP contribution in [0.25, 0.3) is 11.0 Å². The summed E-state index contributed by atoms with van der Waals surface area (Å²) >= 11 is 0. The van der Waals surface area contributed by atoms with E-state index in [-0.39, 0.29) is 35.4 Å². The van der Waals surface area contributed by atoms with Crippen LogP contribution in [0.2, 0.25) is 0 Å². The number of carbonyl (C=O) groups excluding carboxylic acids is 2. The van der Waals surface area contributed by atoms with Gasteiger partial charge >= 0.3 is 0 Å². The third kappa shape index (κ3) is 4.27. The normalized spacial score (nSPS) is 23.9. The standard InChI is InChI=1S/C21H27FN4O3/c22-14-5-6-17-18(11-14)29-25-19(17)13-7-9-26(10-8-13)12-24-21(28)16-4-2-1-3-15(16)20(23)27/h5-6,11,13,15-16H,1-4,7-10,12H2,(H2,23,27)(H,24,28). The second kappa shape index (κ2) is 8.49. The largest absolute Gasteiger partial charge is 0.369 e. The summed E-state index contributed by atoms with van der Waals surface area (Å²) in [5.41, 5.74) is 6.84. The van der Waals surface area contributed by atoms with Gasteiger partial charge in [-0.2, -0.15) is 0 Å². The molecule has 2 fully saturated rings. The molecule has 1 aliphatic carbocycles. The minimum atomic E-state index is -0.370. The molecule has 2 aliphatic rings. The fourth-order valence-electron chi connectivity index (χ4n) is 4.70. The molecule has 2 aromatic rings. The van der Waals surface area contributed by atoms with Gasteiger partial charge < -0.3 is 15.6 Å². The smallest absolute Gasteiger partial charge is 0.224 e. The predicted octanol–water partition coefficient (Wildman–Crippen LogP) is 2.51. The lowest BCUT2D eigenvalue weighted by molar-refractivity contribution is -0.135. The number of nitrogens with two attached hydrogens (primary N) is 1. The molecule has 2 atom stereocenters. The van der Waals surface area contributed by atoms with E-state index in [4.69, 9.17) is 10.3 Å². The number of carbonyl (C=O) groups is 2. The summed E-state index contributed by atoms with van der Waals surface area (Å²) in [6, 6.07) is 4.52. The summed E-state index contributed by atoms with van der Waals surface area (Å²) in [5, 5.41) is 8.04. The van der Waals surface area contributed by atoms with Gasteiger partial charge in [-0.3, -0.25) is 14.5 Å². The quantitative estimate of drug-likeness (QED) is 0.800. The minimum Gasteiger partial charge on any atom is -0.369 e. The van der Waals surface area contributed by atoms with Crippen LogP contribution in [0, 0.1) is 17.7 Å². The lowest BCUT2D eigenvalue weighted by Crippen LogP contribution is -2.47. The average molecular weight is 402 g/mol. The van der Waals surface area contributed by atoms with E-state index in [1.54, 1.807) is 6.07 Å². The summed E-state index contributed by atoms with van der Waals surface area (Å²) in [6.45, 7) is 2.12. The van der Waals surface area contributed by atoms with Gasteiger partial charge in [-0.15, -0.1) is 0 Å². The number of aromatic nitrogens is 1. The zero-order chi connectivity index (χ0) is 20.4. The highest BCUT2D eigenvalue weighted by atomic mass is 19.1. The Morgan fingerprint density at radius 3 is 2.62 bits per heavy atom. The maximum Gasteiger partial charge on any atom is 0.224 e. The van der Waals surface area contributed by atoms with E-state index in [1.165, 1.54) is 12.1 Å². The predicted molar refractivity (Wildman–Crippen MR) is 105 cm³/mol. The second-order valence-electron chi connectivity index (χ2n) is 8.20. The van der Waals surface area contributed by atoms with Crippen LogP contribution in [0.1, 0.15) is 50.1 Å². The van der Waals surface area contributed by atoms with Crippen molar-refractivity contribution in [3.63, 3.8) is 0 Å². The van der Waals surface area contributed by atoms with Crippen LogP contribution in [0.15, 0.2) is 22.7 Å². The van der Waals surface area contributed by atoms with Crippen LogP contribution in [-0.4, -0.2) is 41.6 Å². The second-order valence-corrected chi connectivity index (χ2v) is 8.20. The van der Waals surface area contributed by atoms with Gasteiger partial charge in [0.1, 0.15) is 5.82 Å². The molecule has 2 heterocycles. The first kappa shape index (κ1) is 19.8. The molecular weight excluding hydrogens is 375 g/mol. The molecule has 156 valence electrons. The van der Waals surface area contributed by atoms with Gasteiger partial charge in [0.25, 0.3) is 0 Å². The van der Waals surface area contributed by atoms with Crippen molar-refractivity contribution in [3.05, 3.63) is 29.7 Å². The fraction of sp³-hybridized carbons (Fsp3) is 0.571. The monoisotopic (exact) mass is 402 g/mol. The summed E-state index contributed by atoms with van der Waals surface area (Å²) in [4.78, 5) is 26.4. The maximum atomic E-state index is 13.3. The van der Waals surface area contributed by atoms with Crippen LogP contribution >= 0.6 is 0 Å². The van der Waals surface area contributed by atoms with E-state index < -0.39 is 0 Å². The molecule has 1 aromatic heterocycles. The van der Waals surface area contributed by atoms with E-state index in [9.17, 15) is 14.0 Å². The van der Waals surface area contributed by atoms with Crippen molar-refractivity contribution in [1.82, 2.24) is 15.4 Å². The number of benzene rings is 1. The van der Waals surface area contributed by atoms with Crippen molar-refractivity contribution < 1.29 is 18.5 Å². The van der Waals surface area contributed by atoms with Crippen LogP contribution in [0.3, 0.4) is 0 Å². The Balaban J connectivity index is 1.29. The first-order valence-corrected chi connectivity index (χ1v) is 10.4. The van der Waals surface area contributed by atoms with Gasteiger partial charge in [0, 0.05) is 42.3 Å². The number of primary amides is 1. The van der Waals surface area contributed by atoms with Crippen molar-refractivity contribution in [3.8, 4) is 0 Å². The van der Waals surface area contributed by atoms with Crippen molar-refractivity contribution >= 4 is 22.8 Å². The molecule has 29 heavy (non-hydrogen) atoms. The third-order valence-corrected chi connectivity index (χ3v) is 6.38. The van der Waals surface area contributed by atoms with Gasteiger partial charge in [-0.25, -0.2) is 4.39 Å². The van der Waals surface area contributed by atoms with Gasteiger partial charge in [0.05, 0.1) is 12.4 Å². The van der Waals surface area contributed by atoms with Crippen molar-refractivity contribution in [1.29, 1.82) is 0 Å². The number of likely N-dealkylation sites (tertiary alicyclic amines) is 1. The molecule has 8 heteroatoms. The summed E-state index contributed by atoms with van der Waals surface area (Å²) in [7, 11) is 0. The number of amides is 2. The molecule has 0 spiro atoms. The molecule has 2 unspecified atom stereocenters. The molecule has 1 saturated heterocycles. The number of fused-ring (bicyclic) bond motifs is 1. The highest BCUT2D eigenvalue weighted by molar-refractivity contribution is 5.87. The van der Waals surface area contributed by atoms with Gasteiger partial charge in [0.2, 0.25) is 11.8 Å². The molecule has 1 aliphatic heterocycles. The van der Waals surface area contributed by atoms with Crippen LogP contribution in [0.5, 0.6) is 0 Å². The van der Waals surface area contributed by atoms with Gasteiger partial charge in [0.15, 0.2) is 5.58 Å². The molecule has 3 N–H and O–H groups in total. The summed E-state index contributed by atoms with van der Waals surface area (Å²) < 4.78 is 18.6. The Morgan fingerprint density at radius 1 is 1.17 bits per heavy atom. The van der Waals surface area contributed by atoms with Crippen molar-refractivity contribution in [2.24, 2.45) is 17.6 Å². The molecule has 2 amide bonds. The van der Waals surface area contributed by atoms with E-state index in [0.717, 1.165) is 56.3 Å². The first-order chi connectivity index (χ1) is 14.0. The molecular formula is C21H27FN4O3. The highest BCUT2D eigenvalue weighted by Crippen LogP contribution is 2.33. The van der Waals surface area contributed by atoms with E-state index in [1.807, 2.05) is 0 Å².